The third kappa shape index (κ3) is 4.37. The third-order valence-electron chi connectivity index (χ3n) is 5.76. The van der Waals surface area contributed by atoms with Crippen LogP contribution in [-0.2, 0) is 9.59 Å². The molecule has 1 N–H and O–H groups in total. The van der Waals surface area contributed by atoms with Gasteiger partial charge in [0.2, 0.25) is 5.91 Å². The van der Waals surface area contributed by atoms with Gasteiger partial charge in [-0.2, -0.15) is 0 Å². The molecule has 30 heavy (non-hydrogen) atoms. The molecule has 2 aromatic rings. The number of ether oxygens (including phenoxy) is 1. The van der Waals surface area contributed by atoms with Gasteiger partial charge in [-0.25, -0.2) is 4.39 Å². The highest BCUT2D eigenvalue weighted by Crippen LogP contribution is 2.35. The molecular formula is C24H25FN2O3. The van der Waals surface area contributed by atoms with Crippen molar-refractivity contribution in [1.82, 2.24) is 5.32 Å². The Labute approximate surface area is 175 Å². The fraction of sp³-hybridized carbons (Fsp3) is 0.333. The Hall–Kier alpha value is -3.15. The van der Waals surface area contributed by atoms with Gasteiger partial charge in [0.25, 0.3) is 5.91 Å². The van der Waals surface area contributed by atoms with Crippen molar-refractivity contribution in [3.05, 3.63) is 65.7 Å². The Morgan fingerprint density at radius 2 is 1.90 bits per heavy atom. The number of amides is 2. The molecule has 0 unspecified atom stereocenters. The lowest BCUT2D eigenvalue weighted by molar-refractivity contribution is -0.124. The Balaban J connectivity index is 1.56. The van der Waals surface area contributed by atoms with E-state index in [9.17, 15) is 14.0 Å². The molecule has 0 spiro atoms. The zero-order valence-corrected chi connectivity index (χ0v) is 16.9. The first-order valence-corrected chi connectivity index (χ1v) is 10.4. The van der Waals surface area contributed by atoms with Crippen LogP contribution < -0.4 is 15.0 Å². The monoisotopic (exact) mass is 408 g/mol. The topological polar surface area (TPSA) is 58.6 Å². The summed E-state index contributed by atoms with van der Waals surface area (Å²) in [5, 5.41) is 3.10. The molecule has 1 heterocycles. The van der Waals surface area contributed by atoms with Crippen molar-refractivity contribution in [2.45, 2.75) is 38.6 Å². The first-order valence-electron chi connectivity index (χ1n) is 10.4. The maximum atomic E-state index is 13.2. The number of hydrogen-bond donors (Lipinski definition) is 1. The number of benzene rings is 2. The van der Waals surface area contributed by atoms with E-state index in [4.69, 9.17) is 4.74 Å². The molecule has 0 radical (unpaired) electrons. The van der Waals surface area contributed by atoms with Crippen molar-refractivity contribution >= 4 is 23.6 Å². The molecule has 5 nitrogen and oxygen atoms in total. The summed E-state index contributed by atoms with van der Waals surface area (Å²) in [5.74, 6) is 0.103. The first-order chi connectivity index (χ1) is 14.5. The van der Waals surface area contributed by atoms with Crippen LogP contribution in [0.4, 0.5) is 10.1 Å². The van der Waals surface area contributed by atoms with Crippen LogP contribution in [0.15, 0.2) is 54.3 Å². The summed E-state index contributed by atoms with van der Waals surface area (Å²) in [7, 11) is 0. The van der Waals surface area contributed by atoms with E-state index >= 15 is 0 Å². The summed E-state index contributed by atoms with van der Waals surface area (Å²) in [6.45, 7) is 2.08. The molecule has 0 aromatic heterocycles. The van der Waals surface area contributed by atoms with Crippen molar-refractivity contribution in [3.63, 3.8) is 0 Å². The minimum Gasteiger partial charge on any atom is -0.449 e. The lowest BCUT2D eigenvalue weighted by Crippen LogP contribution is -2.48. The van der Waals surface area contributed by atoms with Crippen molar-refractivity contribution in [2.75, 3.05) is 11.4 Å². The fourth-order valence-corrected chi connectivity index (χ4v) is 4.06. The van der Waals surface area contributed by atoms with Gasteiger partial charge in [0.05, 0.1) is 5.69 Å². The molecule has 1 aliphatic heterocycles. The Kier molecular flexibility index (Phi) is 5.84. The molecule has 0 bridgehead atoms. The Morgan fingerprint density at radius 1 is 1.17 bits per heavy atom. The summed E-state index contributed by atoms with van der Waals surface area (Å²) >= 11 is 0. The molecule has 2 atom stereocenters. The van der Waals surface area contributed by atoms with Crippen LogP contribution in [0, 0.1) is 11.7 Å². The van der Waals surface area contributed by atoms with E-state index in [0.29, 0.717) is 22.9 Å². The van der Waals surface area contributed by atoms with E-state index in [1.54, 1.807) is 36.4 Å². The number of halogens is 1. The van der Waals surface area contributed by atoms with Gasteiger partial charge in [0.15, 0.2) is 11.5 Å². The molecule has 1 aliphatic carbocycles. The normalized spacial score (nSPS) is 22.4. The highest BCUT2D eigenvalue weighted by molar-refractivity contribution is 6.12. The zero-order chi connectivity index (χ0) is 21.1. The number of nitrogens with one attached hydrogen (secondary N) is 1. The number of anilines is 1. The number of carbonyl (C=O) groups is 2. The van der Waals surface area contributed by atoms with Crippen LogP contribution >= 0.6 is 0 Å². The smallest absolute Gasteiger partial charge is 0.294 e. The molecular weight excluding hydrogens is 383 g/mol. The Morgan fingerprint density at radius 3 is 2.67 bits per heavy atom. The van der Waals surface area contributed by atoms with Crippen LogP contribution in [0.1, 0.15) is 38.2 Å². The van der Waals surface area contributed by atoms with Gasteiger partial charge < -0.3 is 10.1 Å². The minimum absolute atomic E-state index is 0.0802. The minimum atomic E-state index is -0.398. The van der Waals surface area contributed by atoms with Crippen molar-refractivity contribution < 1.29 is 18.7 Å². The van der Waals surface area contributed by atoms with Gasteiger partial charge in [-0.15, -0.1) is 0 Å². The van der Waals surface area contributed by atoms with Gasteiger partial charge in [0, 0.05) is 6.04 Å². The van der Waals surface area contributed by atoms with E-state index in [1.807, 2.05) is 6.07 Å². The number of nitrogens with zero attached hydrogens (tertiary/aromatic N) is 1. The van der Waals surface area contributed by atoms with Gasteiger partial charge in [-0.1, -0.05) is 44.0 Å². The standard InChI is InChI=1S/C24H25FN2O3/c1-16-6-2-3-7-19(16)26-23(28)15-27-20-8-4-5-9-21(20)30-22(24(27)29)14-17-10-12-18(25)13-11-17/h4-5,8-14,16,19H,2-3,6-7,15H2,1H3,(H,26,28)/b22-14+/t16-,19-/m1/s1. The van der Waals surface area contributed by atoms with Gasteiger partial charge in [-0.05, 0) is 54.7 Å². The van der Waals surface area contributed by atoms with Crippen molar-refractivity contribution in [1.29, 1.82) is 0 Å². The highest BCUT2D eigenvalue weighted by atomic mass is 19.1. The van der Waals surface area contributed by atoms with E-state index in [1.165, 1.54) is 23.5 Å². The average Bonchev–Trinajstić information content (AvgIpc) is 2.74. The molecule has 1 fully saturated rings. The molecule has 6 heteroatoms. The molecule has 2 amide bonds. The van der Waals surface area contributed by atoms with Gasteiger partial charge in [-0.3, -0.25) is 14.5 Å². The molecule has 2 aromatic carbocycles. The molecule has 4 rings (SSSR count). The molecule has 0 saturated heterocycles. The lowest BCUT2D eigenvalue weighted by Gasteiger charge is -2.32. The fourth-order valence-electron chi connectivity index (χ4n) is 4.06. The summed E-state index contributed by atoms with van der Waals surface area (Å²) in [6.07, 6.45) is 5.94. The molecule has 1 saturated carbocycles. The summed E-state index contributed by atoms with van der Waals surface area (Å²) in [4.78, 5) is 27.3. The van der Waals surface area contributed by atoms with E-state index < -0.39 is 5.91 Å². The predicted molar refractivity (Wildman–Crippen MR) is 113 cm³/mol. The predicted octanol–water partition coefficient (Wildman–Crippen LogP) is 4.29. The average molecular weight is 408 g/mol. The second-order valence-corrected chi connectivity index (χ2v) is 7.96. The number of hydrogen-bond acceptors (Lipinski definition) is 3. The van der Waals surface area contributed by atoms with Gasteiger partial charge in [0.1, 0.15) is 12.4 Å². The summed E-state index contributed by atoms with van der Waals surface area (Å²) < 4.78 is 19.0. The van der Waals surface area contributed by atoms with Crippen LogP contribution in [0.5, 0.6) is 5.75 Å². The highest BCUT2D eigenvalue weighted by Gasteiger charge is 2.32. The third-order valence-corrected chi connectivity index (χ3v) is 5.76. The lowest BCUT2D eigenvalue weighted by atomic mass is 9.86. The second-order valence-electron chi connectivity index (χ2n) is 7.96. The number of para-hydroxylation sites is 2. The van der Waals surface area contributed by atoms with Crippen LogP contribution in [0.25, 0.3) is 6.08 Å². The van der Waals surface area contributed by atoms with E-state index in [0.717, 1.165) is 19.3 Å². The van der Waals surface area contributed by atoms with Crippen molar-refractivity contribution in [2.24, 2.45) is 5.92 Å². The second kappa shape index (κ2) is 8.69. The number of fused-ring (bicyclic) bond motifs is 1. The quantitative estimate of drug-likeness (QED) is 0.768. The molecule has 2 aliphatic rings. The van der Waals surface area contributed by atoms with E-state index in [-0.39, 0.29) is 30.1 Å². The number of rotatable bonds is 4. The van der Waals surface area contributed by atoms with Crippen LogP contribution in [0.3, 0.4) is 0 Å². The van der Waals surface area contributed by atoms with Crippen LogP contribution in [0.2, 0.25) is 0 Å². The van der Waals surface area contributed by atoms with Gasteiger partial charge >= 0.3 is 0 Å². The Bertz CT molecular complexity index is 971. The number of carbonyl (C=O) groups excluding carboxylic acids is 2. The van der Waals surface area contributed by atoms with E-state index in [2.05, 4.69) is 12.2 Å². The summed E-state index contributed by atoms with van der Waals surface area (Å²) in [6, 6.07) is 13.1. The maximum Gasteiger partial charge on any atom is 0.294 e. The van der Waals surface area contributed by atoms with Crippen LogP contribution in [-0.4, -0.2) is 24.4 Å². The summed E-state index contributed by atoms with van der Waals surface area (Å²) in [5.41, 5.74) is 1.20. The largest absolute Gasteiger partial charge is 0.449 e. The first kappa shape index (κ1) is 20.1. The SMILES string of the molecule is C[C@@H]1CCCC[C@H]1NC(=O)CN1C(=O)/C(=C\c2ccc(F)cc2)Oc2ccccc21. The zero-order valence-electron chi connectivity index (χ0n) is 16.9. The molecule has 156 valence electrons. The van der Waals surface area contributed by atoms with Crippen molar-refractivity contribution in [3.8, 4) is 5.75 Å². The maximum absolute atomic E-state index is 13.2.